The molecule has 7 heteroatoms. The number of aromatic nitrogens is 1. The van der Waals surface area contributed by atoms with Gasteiger partial charge in [-0.3, -0.25) is 9.78 Å². The second-order valence-corrected chi connectivity index (χ2v) is 4.60. The molecule has 0 bridgehead atoms. The van der Waals surface area contributed by atoms with Crippen LogP contribution in [0.2, 0.25) is 0 Å². The van der Waals surface area contributed by atoms with E-state index >= 15 is 0 Å². The number of nitrogens with one attached hydrogen (secondary N) is 1. The Morgan fingerprint density at radius 2 is 2.27 bits per heavy atom. The number of primary sulfonamides is 1. The van der Waals surface area contributed by atoms with Crippen molar-refractivity contribution in [3.8, 4) is 0 Å². The number of carbonyl (C=O) groups excluding carboxylic acids is 1. The molecule has 15 heavy (non-hydrogen) atoms. The molecule has 0 radical (unpaired) electrons. The van der Waals surface area contributed by atoms with Crippen LogP contribution >= 0.6 is 0 Å². The van der Waals surface area contributed by atoms with Gasteiger partial charge in [0.2, 0.25) is 10.0 Å². The number of hydrogen-bond donors (Lipinski definition) is 2. The zero-order valence-electron chi connectivity index (χ0n) is 7.88. The normalized spacial score (nSPS) is 11.0. The number of sulfonamides is 1. The Balaban J connectivity index is 2.45. The molecular formula is C8H11N3O3S. The fourth-order valence-electron chi connectivity index (χ4n) is 0.906. The molecule has 1 aromatic rings. The molecule has 0 aliphatic heterocycles. The number of pyridine rings is 1. The van der Waals surface area contributed by atoms with Crippen molar-refractivity contribution in [2.75, 3.05) is 12.3 Å². The Morgan fingerprint density at radius 3 is 2.80 bits per heavy atom. The Bertz CT molecular complexity index is 430. The van der Waals surface area contributed by atoms with Crippen molar-refractivity contribution >= 4 is 15.9 Å². The largest absolute Gasteiger partial charge is 0.351 e. The van der Waals surface area contributed by atoms with Crippen LogP contribution in [0.25, 0.3) is 0 Å². The first kappa shape index (κ1) is 11.6. The minimum absolute atomic E-state index is 0.00738. The van der Waals surface area contributed by atoms with Gasteiger partial charge in [-0.05, 0) is 12.1 Å². The molecule has 0 saturated carbocycles. The maximum atomic E-state index is 11.3. The maximum Gasteiger partial charge on any atom is 0.252 e. The van der Waals surface area contributed by atoms with Gasteiger partial charge in [-0.25, -0.2) is 13.6 Å². The summed E-state index contributed by atoms with van der Waals surface area (Å²) in [6.45, 7) is -0.00738. The Hall–Kier alpha value is -1.47. The standard InChI is InChI=1S/C8H11N3O3S/c9-15(13,14)5-4-11-8(12)7-2-1-3-10-6-7/h1-3,6H,4-5H2,(H,11,12)(H2,9,13,14). The summed E-state index contributed by atoms with van der Waals surface area (Å²) < 4.78 is 21.1. The molecule has 1 aromatic heterocycles. The van der Waals surface area contributed by atoms with Gasteiger partial charge in [0.1, 0.15) is 0 Å². The first-order valence-corrected chi connectivity index (χ1v) is 5.89. The van der Waals surface area contributed by atoms with Gasteiger partial charge in [0.05, 0.1) is 11.3 Å². The molecule has 82 valence electrons. The highest BCUT2D eigenvalue weighted by Crippen LogP contribution is 1.94. The molecule has 0 aromatic carbocycles. The zero-order valence-corrected chi connectivity index (χ0v) is 8.70. The van der Waals surface area contributed by atoms with E-state index in [1.807, 2.05) is 0 Å². The summed E-state index contributed by atoms with van der Waals surface area (Å²) in [5, 5.41) is 7.19. The first-order chi connectivity index (χ1) is 6.99. The molecule has 0 aliphatic carbocycles. The van der Waals surface area contributed by atoms with Crippen molar-refractivity contribution < 1.29 is 13.2 Å². The topological polar surface area (TPSA) is 102 Å². The molecule has 0 fully saturated rings. The summed E-state index contributed by atoms with van der Waals surface area (Å²) in [4.78, 5) is 15.1. The SMILES string of the molecule is NS(=O)(=O)CCNC(=O)c1cccnc1. The van der Waals surface area contributed by atoms with Crippen molar-refractivity contribution in [1.29, 1.82) is 0 Å². The molecule has 1 amide bonds. The summed E-state index contributed by atoms with van der Waals surface area (Å²) in [5.41, 5.74) is 0.381. The molecule has 6 nitrogen and oxygen atoms in total. The maximum absolute atomic E-state index is 11.3. The number of amides is 1. The second kappa shape index (κ2) is 4.85. The lowest BCUT2D eigenvalue weighted by atomic mass is 10.3. The van der Waals surface area contributed by atoms with Gasteiger partial charge in [0.15, 0.2) is 0 Å². The minimum atomic E-state index is -3.53. The first-order valence-electron chi connectivity index (χ1n) is 4.18. The van der Waals surface area contributed by atoms with Crippen molar-refractivity contribution in [1.82, 2.24) is 10.3 Å². The Kier molecular flexibility index (Phi) is 3.75. The van der Waals surface area contributed by atoms with Crippen LogP contribution < -0.4 is 10.5 Å². The molecule has 0 aliphatic rings. The predicted molar refractivity (Wildman–Crippen MR) is 54.5 cm³/mol. The van der Waals surface area contributed by atoms with E-state index in [0.717, 1.165) is 0 Å². The van der Waals surface area contributed by atoms with Gasteiger partial charge in [-0.2, -0.15) is 0 Å². The third-order valence-electron chi connectivity index (χ3n) is 1.60. The molecular weight excluding hydrogens is 218 g/mol. The summed E-state index contributed by atoms with van der Waals surface area (Å²) in [7, 11) is -3.53. The van der Waals surface area contributed by atoms with Gasteiger partial charge >= 0.3 is 0 Å². The smallest absolute Gasteiger partial charge is 0.252 e. The summed E-state index contributed by atoms with van der Waals surface area (Å²) in [6.07, 6.45) is 2.94. The van der Waals surface area contributed by atoms with E-state index in [9.17, 15) is 13.2 Å². The van der Waals surface area contributed by atoms with Crippen molar-refractivity contribution in [2.45, 2.75) is 0 Å². The Labute approximate surface area is 87.6 Å². The van der Waals surface area contributed by atoms with E-state index in [-0.39, 0.29) is 18.2 Å². The average molecular weight is 229 g/mol. The fraction of sp³-hybridized carbons (Fsp3) is 0.250. The number of hydrogen-bond acceptors (Lipinski definition) is 4. The Morgan fingerprint density at radius 1 is 1.53 bits per heavy atom. The van der Waals surface area contributed by atoms with E-state index in [1.54, 1.807) is 18.3 Å². The van der Waals surface area contributed by atoms with Gasteiger partial charge < -0.3 is 5.32 Å². The minimum Gasteiger partial charge on any atom is -0.351 e. The van der Waals surface area contributed by atoms with E-state index in [0.29, 0.717) is 5.56 Å². The summed E-state index contributed by atoms with van der Waals surface area (Å²) >= 11 is 0. The fourth-order valence-corrected chi connectivity index (χ4v) is 1.29. The lowest BCUT2D eigenvalue weighted by Gasteiger charge is -2.03. The van der Waals surface area contributed by atoms with Gasteiger partial charge in [0.25, 0.3) is 5.91 Å². The quantitative estimate of drug-likeness (QED) is 0.698. The highest BCUT2D eigenvalue weighted by atomic mass is 32.2. The number of nitrogens with two attached hydrogens (primary N) is 1. The molecule has 0 saturated heterocycles. The highest BCUT2D eigenvalue weighted by molar-refractivity contribution is 7.89. The van der Waals surface area contributed by atoms with E-state index in [1.165, 1.54) is 6.20 Å². The number of rotatable bonds is 4. The van der Waals surface area contributed by atoms with Gasteiger partial charge in [-0.15, -0.1) is 0 Å². The van der Waals surface area contributed by atoms with Gasteiger partial charge in [0, 0.05) is 18.9 Å². The molecule has 0 unspecified atom stereocenters. The predicted octanol–water partition coefficient (Wildman–Crippen LogP) is -0.900. The number of nitrogens with zero attached hydrogens (tertiary/aromatic N) is 1. The van der Waals surface area contributed by atoms with Gasteiger partial charge in [-0.1, -0.05) is 0 Å². The number of carbonyl (C=O) groups is 1. The van der Waals surface area contributed by atoms with Crippen molar-refractivity contribution in [3.63, 3.8) is 0 Å². The van der Waals surface area contributed by atoms with Crippen LogP contribution in [0, 0.1) is 0 Å². The molecule has 3 N–H and O–H groups in total. The second-order valence-electron chi connectivity index (χ2n) is 2.86. The van der Waals surface area contributed by atoms with Crippen LogP contribution in [-0.2, 0) is 10.0 Å². The van der Waals surface area contributed by atoms with Crippen LogP contribution in [-0.4, -0.2) is 31.6 Å². The zero-order chi connectivity index (χ0) is 11.3. The lowest BCUT2D eigenvalue weighted by molar-refractivity contribution is 0.0956. The van der Waals surface area contributed by atoms with Crippen LogP contribution in [0.4, 0.5) is 0 Å². The summed E-state index contributed by atoms with van der Waals surface area (Å²) in [5.74, 6) is -0.648. The molecule has 0 atom stereocenters. The molecule has 1 rings (SSSR count). The molecule has 0 spiro atoms. The third-order valence-corrected chi connectivity index (χ3v) is 2.37. The van der Waals surface area contributed by atoms with Crippen LogP contribution in [0.15, 0.2) is 24.5 Å². The third kappa shape index (κ3) is 4.52. The lowest BCUT2D eigenvalue weighted by Crippen LogP contribution is -2.31. The van der Waals surface area contributed by atoms with E-state index in [2.05, 4.69) is 10.3 Å². The summed E-state index contributed by atoms with van der Waals surface area (Å²) in [6, 6.07) is 3.20. The van der Waals surface area contributed by atoms with Crippen LogP contribution in [0.3, 0.4) is 0 Å². The molecule has 1 heterocycles. The van der Waals surface area contributed by atoms with Crippen LogP contribution in [0.1, 0.15) is 10.4 Å². The monoisotopic (exact) mass is 229 g/mol. The van der Waals surface area contributed by atoms with Crippen molar-refractivity contribution in [3.05, 3.63) is 30.1 Å². The highest BCUT2D eigenvalue weighted by Gasteiger charge is 2.06. The van der Waals surface area contributed by atoms with Crippen molar-refractivity contribution in [2.24, 2.45) is 5.14 Å². The van der Waals surface area contributed by atoms with Crippen LogP contribution in [0.5, 0.6) is 0 Å². The average Bonchev–Trinajstić information content (AvgIpc) is 2.17. The van der Waals surface area contributed by atoms with E-state index in [4.69, 9.17) is 5.14 Å². The van der Waals surface area contributed by atoms with E-state index < -0.39 is 10.0 Å².